The summed E-state index contributed by atoms with van der Waals surface area (Å²) in [6, 6.07) is 11.8. The van der Waals surface area contributed by atoms with Crippen LogP contribution in [-0.4, -0.2) is 18.2 Å². The molecule has 2 aromatic rings. The first-order valence-corrected chi connectivity index (χ1v) is 7.19. The average molecular weight is 341 g/mol. The van der Waals surface area contributed by atoms with Crippen LogP contribution in [0.25, 0.3) is 0 Å². The Hall–Kier alpha value is -1.75. The van der Waals surface area contributed by atoms with E-state index in [9.17, 15) is 9.90 Å². The monoisotopic (exact) mass is 340 g/mol. The van der Waals surface area contributed by atoms with Crippen molar-refractivity contribution in [3.05, 3.63) is 63.6 Å². The first kappa shape index (κ1) is 16.6. The van der Waals surface area contributed by atoms with Gasteiger partial charge in [0.15, 0.2) is 6.10 Å². The lowest BCUT2D eigenvalue weighted by atomic mass is 10.1. The summed E-state index contributed by atoms with van der Waals surface area (Å²) >= 11 is 11.8. The van der Waals surface area contributed by atoms with E-state index in [-0.39, 0.29) is 0 Å². The van der Waals surface area contributed by atoms with Crippen molar-refractivity contribution in [1.29, 1.82) is 0 Å². The molecule has 6 heteroatoms. The zero-order valence-corrected chi connectivity index (χ0v) is 13.3. The third-order valence-corrected chi connectivity index (χ3v) is 3.75. The van der Waals surface area contributed by atoms with Crippen LogP contribution in [0.2, 0.25) is 10.0 Å². The summed E-state index contributed by atoms with van der Waals surface area (Å²) in [5.74, 6) is -0.101. The Morgan fingerprint density at radius 3 is 2.41 bits per heavy atom. The second-order valence-corrected chi connectivity index (χ2v) is 5.35. The summed E-state index contributed by atoms with van der Waals surface area (Å²) in [5, 5.41) is 10.7. The molecule has 0 spiro atoms. The number of rotatable bonds is 5. The average Bonchev–Trinajstić information content (AvgIpc) is 2.55. The largest absolute Gasteiger partial charge is 0.489 e. The molecule has 116 valence electrons. The van der Waals surface area contributed by atoms with Gasteiger partial charge in [-0.3, -0.25) is 0 Å². The number of ether oxygens (including phenoxy) is 2. The highest BCUT2D eigenvalue weighted by atomic mass is 35.5. The standard InChI is InChI=1S/C16H14Cl2O4/c1-21-16(20)15(19)11-3-5-12(6-4-11)22-9-10-2-7-13(17)14(18)8-10/h2-8,15,19H,9H2,1H3/t15-/m1/s1. The molecule has 4 nitrogen and oxygen atoms in total. The van der Waals surface area contributed by atoms with Gasteiger partial charge >= 0.3 is 5.97 Å². The molecule has 0 saturated carbocycles. The second kappa shape index (κ2) is 7.49. The summed E-state index contributed by atoms with van der Waals surface area (Å²) in [4.78, 5) is 11.2. The highest BCUT2D eigenvalue weighted by molar-refractivity contribution is 6.42. The Kier molecular flexibility index (Phi) is 5.66. The molecule has 0 fully saturated rings. The van der Waals surface area contributed by atoms with Gasteiger partial charge in [0.1, 0.15) is 12.4 Å². The van der Waals surface area contributed by atoms with Crippen LogP contribution in [0, 0.1) is 0 Å². The van der Waals surface area contributed by atoms with E-state index in [0.29, 0.717) is 28.0 Å². The predicted octanol–water partition coefficient (Wildman–Crippen LogP) is 3.78. The molecular formula is C16H14Cl2O4. The molecule has 0 unspecified atom stereocenters. The number of carbonyl (C=O) groups is 1. The molecule has 0 aliphatic carbocycles. The first-order valence-electron chi connectivity index (χ1n) is 6.44. The Labute approximate surface area is 138 Å². The number of aliphatic hydroxyl groups is 1. The van der Waals surface area contributed by atoms with Crippen molar-refractivity contribution in [2.24, 2.45) is 0 Å². The molecular weight excluding hydrogens is 327 g/mol. The number of esters is 1. The maximum absolute atomic E-state index is 11.2. The molecule has 0 radical (unpaired) electrons. The van der Waals surface area contributed by atoms with Gasteiger partial charge in [-0.05, 0) is 35.4 Å². The van der Waals surface area contributed by atoms with E-state index in [1.807, 2.05) is 6.07 Å². The first-order chi connectivity index (χ1) is 10.5. The maximum atomic E-state index is 11.2. The van der Waals surface area contributed by atoms with E-state index < -0.39 is 12.1 Å². The number of aliphatic hydroxyl groups excluding tert-OH is 1. The van der Waals surface area contributed by atoms with Crippen LogP contribution in [0.4, 0.5) is 0 Å². The third kappa shape index (κ3) is 4.13. The fourth-order valence-corrected chi connectivity index (χ4v) is 2.11. The molecule has 0 saturated heterocycles. The van der Waals surface area contributed by atoms with Crippen molar-refractivity contribution in [2.45, 2.75) is 12.7 Å². The van der Waals surface area contributed by atoms with E-state index in [1.165, 1.54) is 7.11 Å². The number of hydrogen-bond acceptors (Lipinski definition) is 4. The second-order valence-electron chi connectivity index (χ2n) is 4.53. The Morgan fingerprint density at radius 1 is 1.14 bits per heavy atom. The summed E-state index contributed by atoms with van der Waals surface area (Å²) in [6.07, 6.45) is -1.30. The van der Waals surface area contributed by atoms with Crippen LogP contribution in [-0.2, 0) is 16.1 Å². The molecule has 2 aromatic carbocycles. The zero-order valence-electron chi connectivity index (χ0n) is 11.8. The van der Waals surface area contributed by atoms with Crippen LogP contribution < -0.4 is 4.74 Å². The van der Waals surface area contributed by atoms with Gasteiger partial charge in [0.2, 0.25) is 0 Å². The Bertz CT molecular complexity index is 656. The van der Waals surface area contributed by atoms with Gasteiger partial charge in [-0.25, -0.2) is 4.79 Å². The lowest BCUT2D eigenvalue weighted by Gasteiger charge is -2.10. The summed E-state index contributed by atoms with van der Waals surface area (Å²) < 4.78 is 10.1. The predicted molar refractivity (Wildman–Crippen MR) is 84.2 cm³/mol. The van der Waals surface area contributed by atoms with Crippen LogP contribution in [0.1, 0.15) is 17.2 Å². The molecule has 1 N–H and O–H groups in total. The third-order valence-electron chi connectivity index (χ3n) is 3.01. The lowest BCUT2D eigenvalue weighted by Crippen LogP contribution is -2.13. The Morgan fingerprint density at radius 2 is 1.82 bits per heavy atom. The number of carbonyl (C=O) groups excluding carboxylic acids is 1. The Balaban J connectivity index is 1.99. The number of benzene rings is 2. The summed E-state index contributed by atoms with van der Waals surface area (Å²) in [5.41, 5.74) is 1.32. The summed E-state index contributed by atoms with van der Waals surface area (Å²) in [6.45, 7) is 0.329. The zero-order chi connectivity index (χ0) is 16.1. The number of methoxy groups -OCH3 is 1. The van der Waals surface area contributed by atoms with E-state index in [1.54, 1.807) is 36.4 Å². The van der Waals surface area contributed by atoms with E-state index in [2.05, 4.69) is 4.74 Å². The van der Waals surface area contributed by atoms with Crippen molar-refractivity contribution >= 4 is 29.2 Å². The van der Waals surface area contributed by atoms with Gasteiger partial charge in [-0.15, -0.1) is 0 Å². The van der Waals surface area contributed by atoms with Crippen LogP contribution in [0.3, 0.4) is 0 Å². The van der Waals surface area contributed by atoms with Crippen molar-refractivity contribution in [3.8, 4) is 5.75 Å². The van der Waals surface area contributed by atoms with Gasteiger partial charge in [-0.1, -0.05) is 41.4 Å². The van der Waals surface area contributed by atoms with E-state index in [0.717, 1.165) is 5.56 Å². The normalized spacial score (nSPS) is 11.8. The molecule has 0 bridgehead atoms. The highest BCUT2D eigenvalue weighted by Gasteiger charge is 2.17. The molecule has 2 rings (SSSR count). The SMILES string of the molecule is COC(=O)[C@H](O)c1ccc(OCc2ccc(Cl)c(Cl)c2)cc1. The van der Waals surface area contributed by atoms with E-state index >= 15 is 0 Å². The van der Waals surface area contributed by atoms with Gasteiger partial charge in [0, 0.05) is 0 Å². The van der Waals surface area contributed by atoms with Gasteiger partial charge in [-0.2, -0.15) is 0 Å². The number of hydrogen-bond donors (Lipinski definition) is 1. The van der Waals surface area contributed by atoms with Gasteiger partial charge < -0.3 is 14.6 Å². The van der Waals surface area contributed by atoms with Crippen LogP contribution >= 0.6 is 23.2 Å². The molecule has 0 aliphatic rings. The minimum atomic E-state index is -1.30. The minimum Gasteiger partial charge on any atom is -0.489 e. The topological polar surface area (TPSA) is 55.8 Å². The van der Waals surface area contributed by atoms with Crippen molar-refractivity contribution in [2.75, 3.05) is 7.11 Å². The smallest absolute Gasteiger partial charge is 0.339 e. The summed E-state index contributed by atoms with van der Waals surface area (Å²) in [7, 11) is 1.22. The van der Waals surface area contributed by atoms with Gasteiger partial charge in [0.25, 0.3) is 0 Å². The molecule has 0 aromatic heterocycles. The van der Waals surface area contributed by atoms with Crippen LogP contribution in [0.5, 0.6) is 5.75 Å². The lowest BCUT2D eigenvalue weighted by molar-refractivity contribution is -0.150. The fraction of sp³-hybridized carbons (Fsp3) is 0.188. The highest BCUT2D eigenvalue weighted by Crippen LogP contribution is 2.24. The molecule has 1 atom stereocenters. The van der Waals surface area contributed by atoms with Gasteiger partial charge in [0.05, 0.1) is 17.2 Å². The molecule has 0 amide bonds. The van der Waals surface area contributed by atoms with Crippen molar-refractivity contribution in [3.63, 3.8) is 0 Å². The number of halogens is 2. The van der Waals surface area contributed by atoms with Crippen LogP contribution in [0.15, 0.2) is 42.5 Å². The van der Waals surface area contributed by atoms with Crippen molar-refractivity contribution < 1.29 is 19.4 Å². The quantitative estimate of drug-likeness (QED) is 0.841. The van der Waals surface area contributed by atoms with E-state index in [4.69, 9.17) is 27.9 Å². The molecule has 22 heavy (non-hydrogen) atoms. The molecule has 0 aliphatic heterocycles. The maximum Gasteiger partial charge on any atom is 0.339 e. The fourth-order valence-electron chi connectivity index (χ4n) is 1.79. The van der Waals surface area contributed by atoms with Crippen molar-refractivity contribution in [1.82, 2.24) is 0 Å². The molecule has 0 heterocycles. The minimum absolute atomic E-state index is 0.329.